The smallest absolute Gasteiger partial charge is 0.265 e. The molecule has 0 radical (unpaired) electrons. The van der Waals surface area contributed by atoms with Gasteiger partial charge in [0.15, 0.2) is 12.7 Å². The Morgan fingerprint density at radius 1 is 1.00 bits per heavy atom. The Kier molecular flexibility index (Phi) is 8.98. The summed E-state index contributed by atoms with van der Waals surface area (Å²) in [5.74, 6) is 0.0904. The number of rotatable bonds is 11. The number of hydrogen-bond acceptors (Lipinski definition) is 6. The van der Waals surface area contributed by atoms with Gasteiger partial charge >= 0.3 is 0 Å². The molecular weight excluding hydrogens is 506 g/mol. The lowest BCUT2D eigenvalue weighted by atomic mass is 10.1. The van der Waals surface area contributed by atoms with Gasteiger partial charge in [0.1, 0.15) is 11.5 Å². The first-order valence-corrected chi connectivity index (χ1v) is 14.0. The summed E-state index contributed by atoms with van der Waals surface area (Å²) in [6.45, 7) is 2.43. The molecular formula is C28H31N3O6S. The van der Waals surface area contributed by atoms with Crippen LogP contribution in [0, 0.1) is 0 Å². The molecule has 1 atom stereocenters. The Labute approximate surface area is 222 Å². The molecule has 1 heterocycles. The highest BCUT2D eigenvalue weighted by atomic mass is 32.2. The summed E-state index contributed by atoms with van der Waals surface area (Å²) in [4.78, 5) is 27.6. The molecule has 4 rings (SSSR count). The monoisotopic (exact) mass is 537 g/mol. The minimum atomic E-state index is -3.60. The number of anilines is 1. The van der Waals surface area contributed by atoms with Gasteiger partial charge in [-0.15, -0.1) is 0 Å². The van der Waals surface area contributed by atoms with Gasteiger partial charge in [0.2, 0.25) is 10.0 Å². The van der Waals surface area contributed by atoms with Crippen molar-refractivity contribution in [3.8, 4) is 11.5 Å². The van der Waals surface area contributed by atoms with Crippen LogP contribution in [0.3, 0.4) is 0 Å². The highest BCUT2D eigenvalue weighted by Gasteiger charge is 2.33. The number of unbranched alkanes of at least 4 members (excludes halogenated alkanes) is 1. The second kappa shape index (κ2) is 12.6. The van der Waals surface area contributed by atoms with Crippen LogP contribution in [0.25, 0.3) is 0 Å². The van der Waals surface area contributed by atoms with E-state index in [0.29, 0.717) is 30.3 Å². The van der Waals surface area contributed by atoms with Gasteiger partial charge in [-0.2, -0.15) is 0 Å². The molecule has 0 aliphatic carbocycles. The number of nitrogens with one attached hydrogen (secondary N) is 2. The van der Waals surface area contributed by atoms with Crippen LogP contribution in [0.1, 0.15) is 25.3 Å². The van der Waals surface area contributed by atoms with Gasteiger partial charge in [-0.3, -0.25) is 9.59 Å². The average molecular weight is 538 g/mol. The molecule has 0 aromatic heterocycles. The zero-order valence-corrected chi connectivity index (χ0v) is 21.9. The van der Waals surface area contributed by atoms with Crippen molar-refractivity contribution < 1.29 is 27.5 Å². The maximum Gasteiger partial charge on any atom is 0.265 e. The van der Waals surface area contributed by atoms with Gasteiger partial charge in [0.05, 0.1) is 17.1 Å². The van der Waals surface area contributed by atoms with E-state index < -0.39 is 16.1 Å². The lowest BCUT2D eigenvalue weighted by Crippen LogP contribution is -2.51. The molecule has 3 aromatic carbocycles. The van der Waals surface area contributed by atoms with Crippen molar-refractivity contribution in [2.45, 2.75) is 37.3 Å². The van der Waals surface area contributed by atoms with E-state index in [2.05, 4.69) is 10.0 Å². The third kappa shape index (κ3) is 6.90. The predicted molar refractivity (Wildman–Crippen MR) is 144 cm³/mol. The number of nitrogens with zero attached hydrogens (tertiary/aromatic N) is 1. The first-order valence-electron chi connectivity index (χ1n) is 12.5. The molecule has 1 unspecified atom stereocenters. The van der Waals surface area contributed by atoms with Crippen LogP contribution in [-0.4, -0.2) is 46.0 Å². The Hall–Kier alpha value is -3.89. The highest BCUT2D eigenvalue weighted by Crippen LogP contribution is 2.33. The second-order valence-corrected chi connectivity index (χ2v) is 10.6. The van der Waals surface area contributed by atoms with E-state index in [1.165, 1.54) is 29.2 Å². The van der Waals surface area contributed by atoms with E-state index in [1.807, 2.05) is 37.3 Å². The van der Waals surface area contributed by atoms with Crippen LogP contribution < -0.4 is 24.4 Å². The van der Waals surface area contributed by atoms with Crippen LogP contribution in [-0.2, 0) is 26.2 Å². The molecule has 0 bridgehead atoms. The molecule has 3 aromatic rings. The summed E-state index contributed by atoms with van der Waals surface area (Å²) in [7, 11) is -3.60. The van der Waals surface area contributed by atoms with Crippen LogP contribution in [0.15, 0.2) is 83.8 Å². The Morgan fingerprint density at radius 3 is 2.45 bits per heavy atom. The van der Waals surface area contributed by atoms with Crippen molar-refractivity contribution >= 4 is 27.5 Å². The van der Waals surface area contributed by atoms with Crippen molar-refractivity contribution in [3.63, 3.8) is 0 Å². The zero-order chi connectivity index (χ0) is 27.0. The van der Waals surface area contributed by atoms with Crippen molar-refractivity contribution in [2.24, 2.45) is 0 Å². The fourth-order valence-electron chi connectivity index (χ4n) is 3.91. The summed E-state index contributed by atoms with van der Waals surface area (Å²) in [5, 5.41) is 2.86. The molecule has 9 nitrogen and oxygen atoms in total. The largest absolute Gasteiger partial charge is 0.484 e. The molecule has 0 saturated heterocycles. The Bertz CT molecular complexity index is 1350. The van der Waals surface area contributed by atoms with Crippen molar-refractivity contribution in [2.75, 3.05) is 24.6 Å². The van der Waals surface area contributed by atoms with Crippen molar-refractivity contribution in [1.29, 1.82) is 0 Å². The van der Waals surface area contributed by atoms with Crippen LogP contribution in [0.4, 0.5) is 5.69 Å². The van der Waals surface area contributed by atoms with Gasteiger partial charge < -0.3 is 19.7 Å². The van der Waals surface area contributed by atoms with E-state index in [4.69, 9.17) is 9.47 Å². The SMILES string of the molecule is CCCCNS(=O)(=O)c1ccc(OCC(=O)N2CC(C(=O)NCc3ccccc3)Oc3ccccc32)cc1. The van der Waals surface area contributed by atoms with E-state index in [1.54, 1.807) is 24.3 Å². The maximum atomic E-state index is 13.2. The molecule has 38 heavy (non-hydrogen) atoms. The first-order chi connectivity index (χ1) is 18.4. The van der Waals surface area contributed by atoms with E-state index in [0.717, 1.165) is 18.4 Å². The summed E-state index contributed by atoms with van der Waals surface area (Å²) >= 11 is 0. The molecule has 0 fully saturated rings. The molecule has 2 N–H and O–H groups in total. The van der Waals surface area contributed by atoms with Crippen LogP contribution in [0.2, 0.25) is 0 Å². The van der Waals surface area contributed by atoms with E-state index in [-0.39, 0.29) is 29.9 Å². The summed E-state index contributed by atoms with van der Waals surface area (Å²) < 4.78 is 38.8. The number of para-hydroxylation sites is 2. The lowest BCUT2D eigenvalue weighted by molar-refractivity contribution is -0.128. The molecule has 2 amide bonds. The van der Waals surface area contributed by atoms with Gasteiger partial charge in [-0.25, -0.2) is 13.1 Å². The minimum Gasteiger partial charge on any atom is -0.484 e. The topological polar surface area (TPSA) is 114 Å². The van der Waals surface area contributed by atoms with Gasteiger partial charge in [-0.1, -0.05) is 55.8 Å². The zero-order valence-electron chi connectivity index (χ0n) is 21.1. The average Bonchev–Trinajstić information content (AvgIpc) is 2.95. The summed E-state index contributed by atoms with van der Waals surface area (Å²) in [5.41, 5.74) is 1.50. The Balaban J connectivity index is 1.38. The number of fused-ring (bicyclic) bond motifs is 1. The normalized spacial score (nSPS) is 14.8. The molecule has 200 valence electrons. The fraction of sp³-hybridized carbons (Fsp3) is 0.286. The number of carbonyl (C=O) groups is 2. The molecule has 1 aliphatic heterocycles. The number of amides is 2. The third-order valence-corrected chi connectivity index (χ3v) is 7.47. The predicted octanol–water partition coefficient (Wildman–Crippen LogP) is 3.25. The van der Waals surface area contributed by atoms with E-state index >= 15 is 0 Å². The highest BCUT2D eigenvalue weighted by molar-refractivity contribution is 7.89. The number of sulfonamides is 1. The van der Waals surface area contributed by atoms with Crippen molar-refractivity contribution in [3.05, 3.63) is 84.4 Å². The van der Waals surface area contributed by atoms with Gasteiger partial charge in [0, 0.05) is 13.1 Å². The maximum absolute atomic E-state index is 13.2. The minimum absolute atomic E-state index is 0.0282. The van der Waals surface area contributed by atoms with E-state index in [9.17, 15) is 18.0 Å². The second-order valence-electron chi connectivity index (χ2n) is 8.79. The molecule has 0 saturated carbocycles. The number of ether oxygens (including phenoxy) is 2. The van der Waals surface area contributed by atoms with Crippen LogP contribution >= 0.6 is 0 Å². The number of carbonyl (C=O) groups excluding carboxylic acids is 2. The third-order valence-electron chi connectivity index (χ3n) is 6.00. The summed E-state index contributed by atoms with van der Waals surface area (Å²) in [6, 6.07) is 22.4. The van der Waals surface area contributed by atoms with Crippen LogP contribution in [0.5, 0.6) is 11.5 Å². The lowest BCUT2D eigenvalue weighted by Gasteiger charge is -2.34. The molecule has 1 aliphatic rings. The Morgan fingerprint density at radius 2 is 1.71 bits per heavy atom. The summed E-state index contributed by atoms with van der Waals surface area (Å²) in [6.07, 6.45) is 0.751. The van der Waals surface area contributed by atoms with Gasteiger partial charge in [0.25, 0.3) is 11.8 Å². The van der Waals surface area contributed by atoms with Gasteiger partial charge in [-0.05, 0) is 48.4 Å². The standard InChI is InChI=1S/C28H31N3O6S/c1-2-3-17-30-38(34,35)23-15-13-22(14-16-23)36-20-27(32)31-19-26(37-25-12-8-7-11-24(25)31)28(33)29-18-21-9-5-4-6-10-21/h4-16,26,30H,2-3,17-20H2,1H3,(H,29,33). The fourth-order valence-corrected chi connectivity index (χ4v) is 4.98. The quantitative estimate of drug-likeness (QED) is 0.363. The van der Waals surface area contributed by atoms with Crippen molar-refractivity contribution in [1.82, 2.24) is 10.0 Å². The number of hydrogen-bond donors (Lipinski definition) is 2. The molecule has 10 heteroatoms. The molecule has 0 spiro atoms. The first kappa shape index (κ1) is 27.2. The number of benzene rings is 3.